The number of nitrogens with zero attached hydrogens (tertiary/aromatic N) is 1. The summed E-state index contributed by atoms with van der Waals surface area (Å²) >= 11 is 0. The van der Waals surface area contributed by atoms with Crippen LogP contribution in [0.1, 0.15) is 57.2 Å². The lowest BCUT2D eigenvalue weighted by Crippen LogP contribution is -2.46. The maximum atomic E-state index is 13.3. The first-order chi connectivity index (χ1) is 19.0. The Hall–Kier alpha value is -3.30. The molecule has 5 atom stereocenters. The summed E-state index contributed by atoms with van der Waals surface area (Å²) in [5.41, 5.74) is 2.07. The summed E-state index contributed by atoms with van der Waals surface area (Å²) in [5, 5.41) is 13.5. The summed E-state index contributed by atoms with van der Waals surface area (Å²) in [6, 6.07) is 12.6. The molecule has 2 aromatic carbocycles. The maximum absolute atomic E-state index is 13.3. The minimum Gasteiger partial charge on any atom is -0.493 e. The van der Waals surface area contributed by atoms with E-state index < -0.39 is 29.8 Å². The van der Waals surface area contributed by atoms with Crippen molar-refractivity contribution in [2.75, 3.05) is 20.4 Å². The zero-order chi connectivity index (χ0) is 28.7. The van der Waals surface area contributed by atoms with E-state index in [-0.39, 0.29) is 30.6 Å². The van der Waals surface area contributed by atoms with Gasteiger partial charge in [-0.25, -0.2) is 9.59 Å². The Morgan fingerprint density at radius 2 is 1.95 bits per heavy atom. The summed E-state index contributed by atoms with van der Waals surface area (Å²) in [6.07, 6.45) is 0.370. The summed E-state index contributed by atoms with van der Waals surface area (Å²) in [4.78, 5) is 28.0. The van der Waals surface area contributed by atoms with E-state index in [9.17, 15) is 14.7 Å². The number of aliphatic hydroxyl groups is 1. The van der Waals surface area contributed by atoms with E-state index in [1.54, 1.807) is 27.9 Å². The Balaban J connectivity index is 1.32. The van der Waals surface area contributed by atoms with Gasteiger partial charge in [0, 0.05) is 36.9 Å². The lowest BCUT2D eigenvalue weighted by atomic mass is 9.69. The molecule has 1 spiro atoms. The van der Waals surface area contributed by atoms with Crippen molar-refractivity contribution in [3.63, 3.8) is 0 Å². The molecule has 2 N–H and O–H groups in total. The number of ether oxygens (including phenoxy) is 4. The van der Waals surface area contributed by atoms with Gasteiger partial charge >= 0.3 is 12.1 Å². The molecule has 0 aromatic heterocycles. The van der Waals surface area contributed by atoms with Crippen LogP contribution in [-0.4, -0.2) is 66.3 Å². The molecule has 0 bridgehead atoms. The first kappa shape index (κ1) is 28.2. The summed E-state index contributed by atoms with van der Waals surface area (Å²) in [6.45, 7) is 8.70. The molecule has 0 radical (unpaired) electrons. The molecule has 2 aromatic rings. The number of aliphatic hydroxyl groups excluding tert-OH is 1. The minimum absolute atomic E-state index is 0.0142. The molecule has 40 heavy (non-hydrogen) atoms. The standard InChI is InChI=1S/C31H40N2O7/c1-19-23(34)16-25-31(19)13-14-33(17-21-11-12-24(37-5)27(39-25)26(21)31)18-38-28(35)22(15-20-9-7-6-8-10-20)32-29(36)40-30(2,3)4/h6-12,19,22-23,25,34H,13-18H2,1-5H3,(H,32,36)/t19?,22?,23-,25+,31-/m1/s1. The number of hydrogen-bond donors (Lipinski definition) is 2. The maximum Gasteiger partial charge on any atom is 0.408 e. The van der Waals surface area contributed by atoms with E-state index in [0.29, 0.717) is 25.3 Å². The smallest absolute Gasteiger partial charge is 0.408 e. The normalized spacial score (nSPS) is 26.1. The molecule has 1 amide bonds. The Morgan fingerprint density at radius 3 is 2.65 bits per heavy atom. The van der Waals surface area contributed by atoms with Gasteiger partial charge in [0.15, 0.2) is 11.5 Å². The van der Waals surface area contributed by atoms with Gasteiger partial charge in [-0.2, -0.15) is 0 Å². The molecule has 9 nitrogen and oxygen atoms in total. The molecule has 9 heteroatoms. The molecule has 1 fully saturated rings. The number of amides is 1. The first-order valence-corrected chi connectivity index (χ1v) is 14.0. The lowest BCUT2D eigenvalue weighted by Gasteiger charge is -2.33. The van der Waals surface area contributed by atoms with Crippen LogP contribution in [0.5, 0.6) is 11.5 Å². The molecule has 216 valence electrons. The average Bonchev–Trinajstić information content (AvgIpc) is 3.26. The Kier molecular flexibility index (Phi) is 7.72. The van der Waals surface area contributed by atoms with Crippen molar-refractivity contribution in [1.29, 1.82) is 0 Å². The van der Waals surface area contributed by atoms with Crippen molar-refractivity contribution in [3.05, 3.63) is 59.2 Å². The zero-order valence-corrected chi connectivity index (χ0v) is 23.9. The van der Waals surface area contributed by atoms with E-state index in [4.69, 9.17) is 18.9 Å². The summed E-state index contributed by atoms with van der Waals surface area (Å²) in [5.74, 6) is 0.959. The van der Waals surface area contributed by atoms with Gasteiger partial charge in [-0.1, -0.05) is 43.3 Å². The third-order valence-corrected chi connectivity index (χ3v) is 8.46. The van der Waals surface area contributed by atoms with Gasteiger partial charge in [0.1, 0.15) is 24.5 Å². The summed E-state index contributed by atoms with van der Waals surface area (Å²) in [7, 11) is 1.64. The fraction of sp³-hybridized carbons (Fsp3) is 0.548. The van der Waals surface area contributed by atoms with Gasteiger partial charge < -0.3 is 29.4 Å². The highest BCUT2D eigenvalue weighted by molar-refractivity contribution is 5.81. The molecule has 0 saturated heterocycles. The van der Waals surface area contributed by atoms with E-state index in [2.05, 4.69) is 17.1 Å². The van der Waals surface area contributed by atoms with Crippen LogP contribution in [0, 0.1) is 5.92 Å². The second-order valence-electron chi connectivity index (χ2n) is 12.2. The number of hydrogen-bond acceptors (Lipinski definition) is 8. The molecule has 1 saturated carbocycles. The van der Waals surface area contributed by atoms with Gasteiger partial charge in [0.25, 0.3) is 0 Å². The van der Waals surface area contributed by atoms with Crippen LogP contribution in [0.25, 0.3) is 0 Å². The van der Waals surface area contributed by atoms with Gasteiger partial charge in [0.05, 0.1) is 13.2 Å². The van der Waals surface area contributed by atoms with Crippen molar-refractivity contribution in [2.24, 2.45) is 5.92 Å². The van der Waals surface area contributed by atoms with Crippen molar-refractivity contribution >= 4 is 12.1 Å². The molecular formula is C31H40N2O7. The van der Waals surface area contributed by atoms with E-state index in [1.807, 2.05) is 42.5 Å². The number of methoxy groups -OCH3 is 1. The van der Waals surface area contributed by atoms with Crippen molar-refractivity contribution in [1.82, 2.24) is 10.2 Å². The highest BCUT2D eigenvalue weighted by Crippen LogP contribution is 2.60. The van der Waals surface area contributed by atoms with Crippen LogP contribution in [0.2, 0.25) is 0 Å². The lowest BCUT2D eigenvalue weighted by molar-refractivity contribution is -0.151. The third-order valence-electron chi connectivity index (χ3n) is 8.46. The second-order valence-corrected chi connectivity index (χ2v) is 12.2. The SMILES string of the molecule is COc1ccc2c3c1O[C@H]1C[C@@H](O)C(C)[C@@]31CCN(COC(=O)C(Cc1ccccc1)NC(=O)OC(C)(C)C)C2. The molecule has 1 aliphatic carbocycles. The minimum atomic E-state index is -0.902. The van der Waals surface area contributed by atoms with Crippen LogP contribution in [0.3, 0.4) is 0 Å². The molecule has 5 rings (SSSR count). The van der Waals surface area contributed by atoms with Crippen molar-refractivity contribution in [3.8, 4) is 11.5 Å². The highest BCUT2D eigenvalue weighted by atomic mass is 16.6. The second kappa shape index (κ2) is 10.9. The number of benzene rings is 2. The Labute approximate surface area is 235 Å². The Morgan fingerprint density at radius 1 is 1.20 bits per heavy atom. The Bertz CT molecular complexity index is 1240. The number of carbonyl (C=O) groups is 2. The molecule has 2 heterocycles. The van der Waals surface area contributed by atoms with Crippen molar-refractivity contribution < 1.29 is 33.6 Å². The predicted molar refractivity (Wildman–Crippen MR) is 148 cm³/mol. The van der Waals surface area contributed by atoms with Crippen LogP contribution in [0.4, 0.5) is 4.79 Å². The van der Waals surface area contributed by atoms with E-state index in [1.165, 1.54) is 0 Å². The van der Waals surface area contributed by atoms with Crippen LogP contribution in [-0.2, 0) is 32.6 Å². The number of nitrogens with one attached hydrogen (secondary N) is 1. The highest BCUT2D eigenvalue weighted by Gasteiger charge is 2.61. The number of rotatable bonds is 7. The first-order valence-electron chi connectivity index (χ1n) is 14.0. The number of alkyl carbamates (subject to hydrolysis) is 1. The van der Waals surface area contributed by atoms with Crippen LogP contribution < -0.4 is 14.8 Å². The predicted octanol–water partition coefficient (Wildman–Crippen LogP) is 3.94. The van der Waals surface area contributed by atoms with E-state index >= 15 is 0 Å². The molecular weight excluding hydrogens is 512 g/mol. The number of carbonyl (C=O) groups excluding carboxylic acids is 2. The largest absolute Gasteiger partial charge is 0.493 e. The monoisotopic (exact) mass is 552 g/mol. The molecule has 2 unspecified atom stereocenters. The quantitative estimate of drug-likeness (QED) is 0.498. The summed E-state index contributed by atoms with van der Waals surface area (Å²) < 4.78 is 23.3. The van der Waals surface area contributed by atoms with Gasteiger partial charge in [-0.3, -0.25) is 4.90 Å². The third kappa shape index (κ3) is 5.37. The van der Waals surface area contributed by atoms with Crippen molar-refractivity contribution in [2.45, 2.75) is 82.8 Å². The zero-order valence-electron chi connectivity index (χ0n) is 23.9. The molecule has 2 aliphatic heterocycles. The topological polar surface area (TPSA) is 107 Å². The van der Waals surface area contributed by atoms with E-state index in [0.717, 1.165) is 28.9 Å². The van der Waals surface area contributed by atoms with Gasteiger partial charge in [0.2, 0.25) is 0 Å². The fourth-order valence-electron chi connectivity index (χ4n) is 6.51. The van der Waals surface area contributed by atoms with Crippen LogP contribution in [0.15, 0.2) is 42.5 Å². The van der Waals surface area contributed by atoms with Crippen LogP contribution >= 0.6 is 0 Å². The average molecular weight is 553 g/mol. The van der Waals surface area contributed by atoms with Gasteiger partial charge in [-0.05, 0) is 50.3 Å². The molecule has 3 aliphatic rings. The fourth-order valence-corrected chi connectivity index (χ4v) is 6.51. The van der Waals surface area contributed by atoms with Gasteiger partial charge in [-0.15, -0.1) is 0 Å². The number of esters is 1.